The van der Waals surface area contributed by atoms with E-state index >= 15 is 0 Å². The van der Waals surface area contributed by atoms with Crippen LogP contribution in [-0.2, 0) is 0 Å². The minimum atomic E-state index is 0.241. The van der Waals surface area contributed by atoms with Gasteiger partial charge in [-0.1, -0.05) is 0 Å². The van der Waals surface area contributed by atoms with Crippen molar-refractivity contribution in [1.29, 1.82) is 0 Å². The van der Waals surface area contributed by atoms with Crippen LogP contribution in [0.5, 0.6) is 0 Å². The fourth-order valence-corrected chi connectivity index (χ4v) is 1.84. The van der Waals surface area contributed by atoms with Gasteiger partial charge in [0.25, 0.3) is 0 Å². The molecule has 1 atom stereocenters. The number of nitrogens with two attached hydrogens (primary N) is 1. The first kappa shape index (κ1) is 6.11. The molecule has 1 saturated heterocycles. The summed E-state index contributed by atoms with van der Waals surface area (Å²) < 4.78 is 0. The van der Waals surface area contributed by atoms with Gasteiger partial charge in [0.05, 0.1) is 6.04 Å². The summed E-state index contributed by atoms with van der Waals surface area (Å²) in [5, 5.41) is 0. The van der Waals surface area contributed by atoms with E-state index in [4.69, 9.17) is 5.73 Å². The number of aliphatic imine (C=N–C) groups is 1. The lowest BCUT2D eigenvalue weighted by molar-refractivity contribution is 0.997. The first-order valence-corrected chi connectivity index (χ1v) is 3.79. The predicted molar refractivity (Wildman–Crippen MR) is 38.7 cm³/mol. The summed E-state index contributed by atoms with van der Waals surface area (Å²) in [6, 6.07) is 0.241. The van der Waals surface area contributed by atoms with Gasteiger partial charge in [0.2, 0.25) is 0 Å². The van der Waals surface area contributed by atoms with Gasteiger partial charge in [0.1, 0.15) is 0 Å². The SMILES string of the molecule is C/N=C1\CSC[C@H]1N. The molecule has 0 aromatic heterocycles. The van der Waals surface area contributed by atoms with Gasteiger partial charge in [0.15, 0.2) is 0 Å². The molecule has 0 aromatic carbocycles. The first-order valence-electron chi connectivity index (χ1n) is 2.63. The van der Waals surface area contributed by atoms with E-state index in [1.807, 2.05) is 11.8 Å². The van der Waals surface area contributed by atoms with Gasteiger partial charge in [-0.15, -0.1) is 0 Å². The largest absolute Gasteiger partial charge is 0.322 e. The van der Waals surface area contributed by atoms with E-state index in [-0.39, 0.29) is 6.04 Å². The molecule has 0 unspecified atom stereocenters. The summed E-state index contributed by atoms with van der Waals surface area (Å²) in [7, 11) is 1.81. The summed E-state index contributed by atoms with van der Waals surface area (Å²) in [6.07, 6.45) is 0. The third-order valence-electron chi connectivity index (χ3n) is 1.26. The Hall–Kier alpha value is -0.0200. The van der Waals surface area contributed by atoms with E-state index in [9.17, 15) is 0 Å². The summed E-state index contributed by atoms with van der Waals surface area (Å²) in [6.45, 7) is 0. The molecule has 8 heavy (non-hydrogen) atoms. The van der Waals surface area contributed by atoms with Crippen molar-refractivity contribution in [2.75, 3.05) is 18.6 Å². The number of nitrogens with zero attached hydrogens (tertiary/aromatic N) is 1. The maximum atomic E-state index is 5.64. The molecule has 1 heterocycles. The second-order valence-electron chi connectivity index (χ2n) is 1.84. The summed E-state index contributed by atoms with van der Waals surface area (Å²) in [4.78, 5) is 4.04. The van der Waals surface area contributed by atoms with E-state index in [1.54, 1.807) is 7.05 Å². The number of hydrogen-bond donors (Lipinski definition) is 1. The van der Waals surface area contributed by atoms with Crippen molar-refractivity contribution >= 4 is 17.5 Å². The van der Waals surface area contributed by atoms with E-state index in [1.165, 1.54) is 0 Å². The molecule has 1 fully saturated rings. The molecular weight excluding hydrogens is 120 g/mol. The van der Waals surface area contributed by atoms with Gasteiger partial charge in [0, 0.05) is 24.3 Å². The molecule has 1 rings (SSSR count). The summed E-state index contributed by atoms with van der Waals surface area (Å²) >= 11 is 1.86. The Bertz CT molecular complexity index is 111. The average Bonchev–Trinajstić information content (AvgIpc) is 2.14. The number of hydrogen-bond acceptors (Lipinski definition) is 3. The minimum Gasteiger partial charge on any atom is -0.322 e. The molecule has 0 aliphatic carbocycles. The molecule has 0 aromatic rings. The third kappa shape index (κ3) is 1.03. The van der Waals surface area contributed by atoms with Crippen molar-refractivity contribution in [2.24, 2.45) is 10.7 Å². The Kier molecular flexibility index (Phi) is 1.91. The van der Waals surface area contributed by atoms with Crippen LogP contribution in [0.1, 0.15) is 0 Å². The lowest BCUT2D eigenvalue weighted by Gasteiger charge is -1.97. The summed E-state index contributed by atoms with van der Waals surface area (Å²) in [5.41, 5.74) is 6.80. The van der Waals surface area contributed by atoms with E-state index < -0.39 is 0 Å². The van der Waals surface area contributed by atoms with E-state index in [0.717, 1.165) is 17.2 Å². The number of rotatable bonds is 0. The molecule has 2 nitrogen and oxygen atoms in total. The molecule has 2 N–H and O–H groups in total. The van der Waals surface area contributed by atoms with Crippen molar-refractivity contribution in [2.45, 2.75) is 6.04 Å². The third-order valence-corrected chi connectivity index (χ3v) is 2.36. The Morgan fingerprint density at radius 3 is 2.88 bits per heavy atom. The van der Waals surface area contributed by atoms with Crippen LogP contribution < -0.4 is 5.73 Å². The van der Waals surface area contributed by atoms with E-state index in [2.05, 4.69) is 4.99 Å². The maximum Gasteiger partial charge on any atom is 0.0526 e. The van der Waals surface area contributed by atoms with Crippen LogP contribution in [0.15, 0.2) is 4.99 Å². The molecule has 46 valence electrons. The van der Waals surface area contributed by atoms with Crippen molar-refractivity contribution in [1.82, 2.24) is 0 Å². The van der Waals surface area contributed by atoms with Crippen LogP contribution in [0, 0.1) is 0 Å². The highest BCUT2D eigenvalue weighted by molar-refractivity contribution is 8.00. The zero-order valence-corrected chi connectivity index (χ0v) is 5.74. The monoisotopic (exact) mass is 130 g/mol. The normalized spacial score (nSPS) is 34.2. The van der Waals surface area contributed by atoms with E-state index in [0.29, 0.717) is 0 Å². The highest BCUT2D eigenvalue weighted by atomic mass is 32.2. The van der Waals surface area contributed by atoms with Gasteiger partial charge in [-0.05, 0) is 0 Å². The Morgan fingerprint density at radius 1 is 1.88 bits per heavy atom. The van der Waals surface area contributed by atoms with Crippen LogP contribution in [0.25, 0.3) is 0 Å². The standard InChI is InChI=1S/C5H10N2S/c1-7-5-3-8-2-4(5)6/h4H,2-3,6H2,1H3/b7-5+/t4-/m1/s1. The average molecular weight is 130 g/mol. The molecule has 3 heteroatoms. The van der Waals surface area contributed by atoms with Crippen LogP contribution in [0.3, 0.4) is 0 Å². The van der Waals surface area contributed by atoms with Crippen molar-refractivity contribution in [3.8, 4) is 0 Å². The van der Waals surface area contributed by atoms with Crippen molar-refractivity contribution < 1.29 is 0 Å². The number of thioether (sulfide) groups is 1. The molecule has 0 radical (unpaired) electrons. The van der Waals surface area contributed by atoms with Gasteiger partial charge in [-0.2, -0.15) is 11.8 Å². The predicted octanol–water partition coefficient (Wildman–Crippen LogP) is 0.131. The molecule has 1 aliphatic rings. The Morgan fingerprint density at radius 2 is 2.62 bits per heavy atom. The summed E-state index contributed by atoms with van der Waals surface area (Å²) in [5.74, 6) is 2.09. The first-order chi connectivity index (χ1) is 3.84. The fraction of sp³-hybridized carbons (Fsp3) is 0.800. The second-order valence-corrected chi connectivity index (χ2v) is 2.87. The lowest BCUT2D eigenvalue weighted by atomic mass is 10.2. The molecule has 0 saturated carbocycles. The zero-order valence-electron chi connectivity index (χ0n) is 4.92. The highest BCUT2D eigenvalue weighted by Gasteiger charge is 2.16. The minimum absolute atomic E-state index is 0.241. The molecular formula is C5H10N2S. The molecule has 0 amide bonds. The second kappa shape index (κ2) is 2.51. The van der Waals surface area contributed by atoms with Crippen molar-refractivity contribution in [3.63, 3.8) is 0 Å². The quantitative estimate of drug-likeness (QED) is 0.506. The van der Waals surface area contributed by atoms with Crippen LogP contribution in [-0.4, -0.2) is 30.3 Å². The molecule has 0 bridgehead atoms. The lowest BCUT2D eigenvalue weighted by Crippen LogP contribution is -2.28. The van der Waals surface area contributed by atoms with Gasteiger partial charge in [-0.3, -0.25) is 4.99 Å². The van der Waals surface area contributed by atoms with Gasteiger partial charge >= 0.3 is 0 Å². The fourth-order valence-electron chi connectivity index (χ4n) is 0.724. The molecule has 0 spiro atoms. The van der Waals surface area contributed by atoms with Crippen LogP contribution in [0.4, 0.5) is 0 Å². The Balaban J connectivity index is 2.55. The van der Waals surface area contributed by atoms with Gasteiger partial charge < -0.3 is 5.73 Å². The van der Waals surface area contributed by atoms with Crippen LogP contribution in [0.2, 0.25) is 0 Å². The molecule has 1 aliphatic heterocycles. The smallest absolute Gasteiger partial charge is 0.0526 e. The zero-order chi connectivity index (χ0) is 5.98. The van der Waals surface area contributed by atoms with Crippen molar-refractivity contribution in [3.05, 3.63) is 0 Å². The maximum absolute atomic E-state index is 5.64. The Labute approximate surface area is 53.6 Å². The van der Waals surface area contributed by atoms with Gasteiger partial charge in [-0.25, -0.2) is 0 Å². The highest BCUT2D eigenvalue weighted by Crippen LogP contribution is 2.12. The van der Waals surface area contributed by atoms with Crippen LogP contribution >= 0.6 is 11.8 Å². The topological polar surface area (TPSA) is 38.4 Å².